The maximum absolute atomic E-state index is 13.3. The Balaban J connectivity index is 3.38. The minimum Gasteiger partial charge on any atom is -0.336 e. The number of halogens is 4. The molecule has 0 saturated heterocycles. The van der Waals surface area contributed by atoms with E-state index in [2.05, 4.69) is 31.8 Å². The summed E-state index contributed by atoms with van der Waals surface area (Å²) in [5.41, 5.74) is 1.44. The van der Waals surface area contributed by atoms with Crippen LogP contribution in [-0.2, 0) is 22.1 Å². The first kappa shape index (κ1) is 29.6. The second kappa shape index (κ2) is 12.9. The van der Waals surface area contributed by atoms with Crippen molar-refractivity contribution in [1.29, 1.82) is 0 Å². The number of aliphatic imine (C=N–C) groups is 2. The van der Waals surface area contributed by atoms with Crippen molar-refractivity contribution in [2.45, 2.75) is 59.2 Å². The molecule has 7 nitrogen and oxygen atoms in total. The summed E-state index contributed by atoms with van der Waals surface area (Å²) in [4.78, 5) is 29.9. The summed E-state index contributed by atoms with van der Waals surface area (Å²) in [6.07, 6.45) is -1.77. The van der Waals surface area contributed by atoms with Crippen molar-refractivity contribution >= 4 is 39.7 Å². The molecule has 0 fully saturated rings. The highest BCUT2D eigenvalue weighted by molar-refractivity contribution is 7.85. The molecule has 0 amide bonds. The normalized spacial score (nSPS) is 15.4. The van der Waals surface area contributed by atoms with Crippen LogP contribution in [0, 0.1) is 11.8 Å². The molecule has 34 heavy (non-hydrogen) atoms. The maximum atomic E-state index is 13.3. The van der Waals surface area contributed by atoms with E-state index in [9.17, 15) is 22.2 Å². The number of alkyl halides is 3. The van der Waals surface area contributed by atoms with Crippen LogP contribution in [0.3, 0.4) is 0 Å². The van der Waals surface area contributed by atoms with Crippen molar-refractivity contribution in [2.75, 3.05) is 5.75 Å². The first-order chi connectivity index (χ1) is 15.7. The zero-order valence-electron chi connectivity index (χ0n) is 20.0. The van der Waals surface area contributed by atoms with Crippen LogP contribution in [0.4, 0.5) is 13.2 Å². The van der Waals surface area contributed by atoms with Gasteiger partial charge in [0.2, 0.25) is 5.78 Å². The summed E-state index contributed by atoms with van der Waals surface area (Å²) >= 11 is 5.76. The lowest BCUT2D eigenvalue weighted by atomic mass is 9.90. The monoisotopic (exact) mass is 519 g/mol. The quantitative estimate of drug-likeness (QED) is 0.268. The topological polar surface area (TPSA) is 96.7 Å². The molecule has 0 radical (unpaired) electrons. The van der Waals surface area contributed by atoms with Crippen LogP contribution in [0.2, 0.25) is 0 Å². The number of carbonyl (C=O) groups excluding carboxylic acids is 1. The second-order valence-electron chi connectivity index (χ2n) is 7.69. The van der Waals surface area contributed by atoms with E-state index in [-0.39, 0.29) is 23.4 Å². The van der Waals surface area contributed by atoms with Crippen LogP contribution < -0.4 is 5.32 Å². The van der Waals surface area contributed by atoms with Crippen molar-refractivity contribution in [2.24, 2.45) is 21.8 Å². The molecule has 3 unspecified atom stereocenters. The summed E-state index contributed by atoms with van der Waals surface area (Å²) in [6, 6.07) is 0. The van der Waals surface area contributed by atoms with Crippen LogP contribution >= 0.6 is 11.6 Å². The zero-order valence-corrected chi connectivity index (χ0v) is 21.5. The van der Waals surface area contributed by atoms with Gasteiger partial charge in [0.1, 0.15) is 17.5 Å². The largest absolute Gasteiger partial charge is 0.392 e. The highest BCUT2D eigenvalue weighted by Gasteiger charge is 2.43. The standard InChI is InChI=1S/C22H29ClF3N5O2S/c1-8-34(33)17-9-27-18(28-10-17)11-29-21(20(32)13(4)14(5)22(24,25)26)31-19(12(2)3)15(6)30-16(7)23/h9-10,13-14H,7-8,11H2,1-6H3,(H,29,31)/b30-15-. The molecule has 12 heteroatoms. The SMILES string of the molecule is C=C(Cl)/N=C(/C)C(NC(=NCc1ncc(S(=O)CC)cn1)C(=O)C(C)C(C)C(F)(F)F)=C(C)C. The minimum absolute atomic E-state index is 0.000108. The fourth-order valence-corrected chi connectivity index (χ4v) is 3.50. The van der Waals surface area contributed by atoms with Crippen LogP contribution in [0.5, 0.6) is 0 Å². The van der Waals surface area contributed by atoms with Gasteiger partial charge in [0.25, 0.3) is 0 Å². The summed E-state index contributed by atoms with van der Waals surface area (Å²) in [7, 11) is -1.23. The van der Waals surface area contributed by atoms with Gasteiger partial charge in [-0.1, -0.05) is 44.5 Å². The Kier molecular flexibility index (Phi) is 11.2. The smallest absolute Gasteiger partial charge is 0.336 e. The van der Waals surface area contributed by atoms with Gasteiger partial charge in [-0.2, -0.15) is 13.2 Å². The Hall–Kier alpha value is -2.40. The molecule has 1 aromatic heterocycles. The third kappa shape index (κ3) is 8.75. The van der Waals surface area contributed by atoms with Gasteiger partial charge < -0.3 is 5.32 Å². The van der Waals surface area contributed by atoms with Crippen LogP contribution in [0.1, 0.15) is 47.4 Å². The number of ketones is 1. The predicted molar refractivity (Wildman–Crippen MR) is 129 cm³/mol. The number of nitrogens with one attached hydrogen (secondary N) is 1. The van der Waals surface area contributed by atoms with Gasteiger partial charge in [-0.3, -0.25) is 14.0 Å². The van der Waals surface area contributed by atoms with E-state index in [4.69, 9.17) is 11.6 Å². The third-order valence-corrected chi connectivity index (χ3v) is 6.24. The van der Waals surface area contributed by atoms with Crippen molar-refractivity contribution < 1.29 is 22.2 Å². The lowest BCUT2D eigenvalue weighted by Gasteiger charge is -2.23. The molecule has 0 aliphatic carbocycles. The van der Waals surface area contributed by atoms with Gasteiger partial charge in [0.05, 0.1) is 33.0 Å². The number of hydrogen-bond acceptors (Lipinski definition) is 6. The Morgan fingerprint density at radius 3 is 2.24 bits per heavy atom. The van der Waals surface area contributed by atoms with Crippen molar-refractivity contribution in [1.82, 2.24) is 15.3 Å². The van der Waals surface area contributed by atoms with Crippen LogP contribution in [-0.4, -0.2) is 43.4 Å². The van der Waals surface area contributed by atoms with Gasteiger partial charge in [-0.25, -0.2) is 15.0 Å². The molecule has 0 spiro atoms. The molecule has 0 saturated carbocycles. The average molecular weight is 520 g/mol. The Morgan fingerprint density at radius 2 is 1.79 bits per heavy atom. The number of aromatic nitrogens is 2. The molecule has 1 heterocycles. The molecule has 0 aromatic carbocycles. The summed E-state index contributed by atoms with van der Waals surface area (Å²) in [5.74, 6) is -3.80. The fourth-order valence-electron chi connectivity index (χ4n) is 2.70. The lowest BCUT2D eigenvalue weighted by molar-refractivity contribution is -0.183. The minimum atomic E-state index is -4.55. The molecule has 3 atom stereocenters. The number of allylic oxidation sites excluding steroid dienone is 2. The van der Waals surface area contributed by atoms with Crippen molar-refractivity contribution in [3.05, 3.63) is 41.2 Å². The van der Waals surface area contributed by atoms with E-state index >= 15 is 0 Å². The van der Waals surface area contributed by atoms with Crippen LogP contribution in [0.15, 0.2) is 50.3 Å². The van der Waals surface area contributed by atoms with Gasteiger partial charge in [0.15, 0.2) is 5.84 Å². The zero-order chi connectivity index (χ0) is 26.2. The van der Waals surface area contributed by atoms with E-state index in [0.717, 1.165) is 6.92 Å². The van der Waals surface area contributed by atoms with Gasteiger partial charge in [0, 0.05) is 24.1 Å². The molecule has 1 N–H and O–H groups in total. The molecule has 1 aromatic rings. The molecule has 1 rings (SSSR count). The maximum Gasteiger partial charge on any atom is 0.392 e. The van der Waals surface area contributed by atoms with Crippen molar-refractivity contribution in [3.63, 3.8) is 0 Å². The van der Waals surface area contributed by atoms with Gasteiger partial charge in [-0.05, 0) is 20.8 Å². The molecule has 0 aliphatic rings. The summed E-state index contributed by atoms with van der Waals surface area (Å²) in [6.45, 7) is 12.3. The van der Waals surface area contributed by atoms with E-state index < -0.39 is 34.6 Å². The number of amidine groups is 1. The average Bonchev–Trinajstić information content (AvgIpc) is 2.76. The lowest BCUT2D eigenvalue weighted by Crippen LogP contribution is -2.41. The van der Waals surface area contributed by atoms with Gasteiger partial charge >= 0.3 is 6.18 Å². The number of rotatable bonds is 10. The number of carbonyl (C=O) groups is 1. The number of nitrogens with zero attached hydrogens (tertiary/aromatic N) is 4. The molecular weight excluding hydrogens is 491 g/mol. The van der Waals surface area contributed by atoms with Crippen LogP contribution in [0.25, 0.3) is 0 Å². The highest BCUT2D eigenvalue weighted by atomic mass is 35.5. The van der Waals surface area contributed by atoms with E-state index in [1.54, 1.807) is 27.7 Å². The number of hydrogen-bond donors (Lipinski definition) is 1. The van der Waals surface area contributed by atoms with E-state index in [1.165, 1.54) is 19.3 Å². The first-order valence-corrected chi connectivity index (χ1v) is 12.1. The molecule has 0 bridgehead atoms. The Bertz CT molecular complexity index is 1020. The van der Waals surface area contributed by atoms with E-state index in [1.807, 2.05) is 0 Å². The van der Waals surface area contributed by atoms with Crippen molar-refractivity contribution in [3.8, 4) is 0 Å². The molecular formula is C22H29ClF3N5O2S. The predicted octanol–water partition coefficient (Wildman–Crippen LogP) is 4.96. The Labute approximate surface area is 205 Å². The summed E-state index contributed by atoms with van der Waals surface area (Å²) in [5, 5.41) is 2.83. The third-order valence-electron chi connectivity index (χ3n) is 4.89. The fraction of sp³-hybridized carbons (Fsp3) is 0.500. The van der Waals surface area contributed by atoms with E-state index in [0.29, 0.717) is 27.6 Å². The second-order valence-corrected chi connectivity index (χ2v) is 9.87. The molecule has 0 aliphatic heterocycles. The highest BCUT2D eigenvalue weighted by Crippen LogP contribution is 2.32. The number of Topliss-reactive ketones (excluding diaryl/α,β-unsaturated/α-hetero) is 1. The first-order valence-electron chi connectivity index (χ1n) is 10.4. The Morgan fingerprint density at radius 1 is 1.24 bits per heavy atom. The molecule has 188 valence electrons. The summed E-state index contributed by atoms with van der Waals surface area (Å²) < 4.78 is 51.6. The van der Waals surface area contributed by atoms with Gasteiger partial charge in [-0.15, -0.1) is 0 Å².